The molecule has 3 rings (SSSR count). The summed E-state index contributed by atoms with van der Waals surface area (Å²) in [6.07, 6.45) is -0.867. The first kappa shape index (κ1) is 21.4. The Bertz CT molecular complexity index is 776. The van der Waals surface area contributed by atoms with E-state index in [2.05, 4.69) is 20.6 Å². The highest BCUT2D eigenvalue weighted by molar-refractivity contribution is 5.85. The van der Waals surface area contributed by atoms with Crippen molar-refractivity contribution in [2.24, 2.45) is 5.92 Å². The van der Waals surface area contributed by atoms with E-state index >= 15 is 0 Å². The van der Waals surface area contributed by atoms with E-state index in [4.69, 9.17) is 0 Å². The molecule has 0 bridgehead atoms. The van der Waals surface area contributed by atoms with E-state index in [0.29, 0.717) is 29.2 Å². The van der Waals surface area contributed by atoms with Crippen LogP contribution in [-0.2, 0) is 6.18 Å². The maximum absolute atomic E-state index is 14.2. The summed E-state index contributed by atoms with van der Waals surface area (Å²) in [5.41, 5.74) is -0.0840. The van der Waals surface area contributed by atoms with Crippen LogP contribution in [0.1, 0.15) is 24.1 Å². The topological polar surface area (TPSA) is 49.8 Å². The van der Waals surface area contributed by atoms with Gasteiger partial charge in [-0.15, -0.1) is 12.4 Å². The van der Waals surface area contributed by atoms with Gasteiger partial charge in [-0.05, 0) is 50.9 Å². The number of nitrogens with zero attached hydrogens (tertiary/aromatic N) is 2. The first-order chi connectivity index (χ1) is 12.3. The van der Waals surface area contributed by atoms with Gasteiger partial charge in [-0.25, -0.2) is 14.4 Å². The molecule has 0 radical (unpaired) electrons. The SMILES string of the molecule is Cc1nc(NC[C@H]2CCCNC2)ncc1-c1ccc(C(F)(F)F)cc1F.Cl. The van der Waals surface area contributed by atoms with E-state index in [-0.39, 0.29) is 18.0 Å². The lowest BCUT2D eigenvalue weighted by atomic mass is 10.00. The molecule has 9 heteroatoms. The smallest absolute Gasteiger partial charge is 0.354 e. The normalized spacial score (nSPS) is 17.3. The van der Waals surface area contributed by atoms with Crippen LogP contribution in [0.4, 0.5) is 23.5 Å². The molecule has 0 spiro atoms. The quantitative estimate of drug-likeness (QED) is 0.739. The van der Waals surface area contributed by atoms with Crippen molar-refractivity contribution in [3.8, 4) is 11.1 Å². The van der Waals surface area contributed by atoms with Gasteiger partial charge in [0.2, 0.25) is 5.95 Å². The summed E-state index contributed by atoms with van der Waals surface area (Å²) in [5, 5.41) is 6.50. The molecule has 1 atom stereocenters. The molecule has 2 N–H and O–H groups in total. The van der Waals surface area contributed by atoms with E-state index in [1.165, 1.54) is 6.20 Å². The first-order valence-electron chi connectivity index (χ1n) is 8.50. The van der Waals surface area contributed by atoms with Gasteiger partial charge in [0.15, 0.2) is 0 Å². The molecule has 2 heterocycles. The second kappa shape index (κ2) is 8.84. The minimum Gasteiger partial charge on any atom is -0.354 e. The van der Waals surface area contributed by atoms with E-state index in [1.54, 1.807) is 6.92 Å². The highest BCUT2D eigenvalue weighted by atomic mass is 35.5. The summed E-state index contributed by atoms with van der Waals surface area (Å²) in [6.45, 7) is 4.40. The highest BCUT2D eigenvalue weighted by Gasteiger charge is 2.31. The molecule has 1 saturated heterocycles. The van der Waals surface area contributed by atoms with Crippen molar-refractivity contribution >= 4 is 18.4 Å². The third-order valence-electron chi connectivity index (χ3n) is 4.51. The summed E-state index contributed by atoms with van der Waals surface area (Å²) < 4.78 is 52.2. The Balaban J connectivity index is 0.00000261. The number of nitrogens with one attached hydrogen (secondary N) is 2. The molecule has 0 amide bonds. The van der Waals surface area contributed by atoms with Crippen LogP contribution >= 0.6 is 12.4 Å². The van der Waals surface area contributed by atoms with Gasteiger partial charge < -0.3 is 10.6 Å². The second-order valence-electron chi connectivity index (χ2n) is 6.48. The molecule has 2 aromatic rings. The predicted octanol–water partition coefficient (Wildman–Crippen LogP) is 4.44. The average Bonchev–Trinajstić information content (AvgIpc) is 2.60. The van der Waals surface area contributed by atoms with Gasteiger partial charge in [-0.3, -0.25) is 0 Å². The van der Waals surface area contributed by atoms with Crippen LogP contribution in [0.15, 0.2) is 24.4 Å². The van der Waals surface area contributed by atoms with Crippen molar-refractivity contribution < 1.29 is 17.6 Å². The Morgan fingerprint density at radius 3 is 2.63 bits per heavy atom. The third kappa shape index (κ3) is 5.29. The molecule has 148 valence electrons. The molecule has 1 fully saturated rings. The van der Waals surface area contributed by atoms with Gasteiger partial charge in [-0.1, -0.05) is 6.07 Å². The number of piperidine rings is 1. The average molecular weight is 405 g/mol. The van der Waals surface area contributed by atoms with E-state index in [9.17, 15) is 17.6 Å². The van der Waals surface area contributed by atoms with Gasteiger partial charge in [-0.2, -0.15) is 13.2 Å². The van der Waals surface area contributed by atoms with Crippen LogP contribution in [0.2, 0.25) is 0 Å². The Morgan fingerprint density at radius 1 is 1.26 bits per heavy atom. The molecule has 1 aromatic carbocycles. The zero-order valence-electron chi connectivity index (χ0n) is 14.7. The van der Waals surface area contributed by atoms with Crippen molar-refractivity contribution in [2.45, 2.75) is 25.9 Å². The van der Waals surface area contributed by atoms with Crippen LogP contribution in [0.3, 0.4) is 0 Å². The first-order valence-corrected chi connectivity index (χ1v) is 8.50. The Hall–Kier alpha value is -1.93. The van der Waals surface area contributed by atoms with Gasteiger partial charge in [0, 0.05) is 23.9 Å². The third-order valence-corrected chi connectivity index (χ3v) is 4.51. The minimum atomic E-state index is -4.58. The Morgan fingerprint density at radius 2 is 2.04 bits per heavy atom. The lowest BCUT2D eigenvalue weighted by Gasteiger charge is -2.23. The molecule has 1 aliphatic rings. The van der Waals surface area contributed by atoms with Crippen molar-refractivity contribution in [3.05, 3.63) is 41.5 Å². The number of rotatable bonds is 4. The molecular formula is C18H21ClF4N4. The molecular weight excluding hydrogens is 384 g/mol. The number of anilines is 1. The maximum atomic E-state index is 14.2. The van der Waals surface area contributed by atoms with Gasteiger partial charge in [0.05, 0.1) is 11.3 Å². The van der Waals surface area contributed by atoms with E-state index < -0.39 is 17.6 Å². The van der Waals surface area contributed by atoms with Crippen LogP contribution in [-0.4, -0.2) is 29.6 Å². The molecule has 0 saturated carbocycles. The van der Waals surface area contributed by atoms with Crippen molar-refractivity contribution in [1.82, 2.24) is 15.3 Å². The van der Waals surface area contributed by atoms with Gasteiger partial charge >= 0.3 is 6.18 Å². The monoisotopic (exact) mass is 404 g/mol. The number of halogens is 5. The molecule has 4 nitrogen and oxygen atoms in total. The molecule has 1 aromatic heterocycles. The number of aryl methyl sites for hydroxylation is 1. The lowest BCUT2D eigenvalue weighted by molar-refractivity contribution is -0.137. The van der Waals surface area contributed by atoms with Crippen molar-refractivity contribution in [2.75, 3.05) is 25.0 Å². The molecule has 0 unspecified atom stereocenters. The number of aromatic nitrogens is 2. The lowest BCUT2D eigenvalue weighted by Crippen LogP contribution is -2.33. The number of hydrogen-bond donors (Lipinski definition) is 2. The predicted molar refractivity (Wildman–Crippen MR) is 98.5 cm³/mol. The van der Waals surface area contributed by atoms with Crippen LogP contribution in [0.5, 0.6) is 0 Å². The highest BCUT2D eigenvalue weighted by Crippen LogP contribution is 2.33. The standard InChI is InChI=1S/C18H20F4N4.ClH/c1-11-15(14-5-4-13(7-16(14)19)18(20,21)22)10-25-17(26-11)24-9-12-3-2-6-23-8-12;/h4-5,7,10,12,23H,2-3,6,8-9H2,1H3,(H,24,25,26);1H/t12-;/m0./s1. The Labute approximate surface area is 161 Å². The van der Waals surface area contributed by atoms with E-state index in [0.717, 1.165) is 44.6 Å². The largest absolute Gasteiger partial charge is 0.416 e. The molecule has 27 heavy (non-hydrogen) atoms. The molecule has 0 aliphatic carbocycles. The fourth-order valence-electron chi connectivity index (χ4n) is 3.06. The van der Waals surface area contributed by atoms with Crippen molar-refractivity contribution in [1.29, 1.82) is 0 Å². The van der Waals surface area contributed by atoms with Crippen LogP contribution in [0, 0.1) is 18.7 Å². The van der Waals surface area contributed by atoms with Crippen molar-refractivity contribution in [3.63, 3.8) is 0 Å². The van der Waals surface area contributed by atoms with E-state index in [1.807, 2.05) is 0 Å². The van der Waals surface area contributed by atoms with Crippen LogP contribution in [0.25, 0.3) is 11.1 Å². The summed E-state index contributed by atoms with van der Waals surface area (Å²) in [6, 6.07) is 2.47. The number of benzene rings is 1. The summed E-state index contributed by atoms with van der Waals surface area (Å²) in [5.74, 6) is -0.00986. The fraction of sp³-hybridized carbons (Fsp3) is 0.444. The number of hydrogen-bond acceptors (Lipinski definition) is 4. The Kier molecular flexibility index (Phi) is 7.00. The van der Waals surface area contributed by atoms with Gasteiger partial charge in [0.1, 0.15) is 5.82 Å². The fourth-order valence-corrected chi connectivity index (χ4v) is 3.06. The molecule has 1 aliphatic heterocycles. The minimum absolute atomic E-state index is 0. The number of alkyl halides is 3. The summed E-state index contributed by atoms with van der Waals surface area (Å²) >= 11 is 0. The zero-order chi connectivity index (χ0) is 18.7. The summed E-state index contributed by atoms with van der Waals surface area (Å²) in [7, 11) is 0. The second-order valence-corrected chi connectivity index (χ2v) is 6.48. The summed E-state index contributed by atoms with van der Waals surface area (Å²) in [4.78, 5) is 8.50. The zero-order valence-corrected chi connectivity index (χ0v) is 15.6. The van der Waals surface area contributed by atoms with Gasteiger partial charge in [0.25, 0.3) is 0 Å². The van der Waals surface area contributed by atoms with Crippen LogP contribution < -0.4 is 10.6 Å². The maximum Gasteiger partial charge on any atom is 0.416 e.